The Labute approximate surface area is 137 Å². The summed E-state index contributed by atoms with van der Waals surface area (Å²) in [6.45, 7) is 1.82. The normalized spacial score (nSPS) is 12.3. The van der Waals surface area contributed by atoms with Crippen molar-refractivity contribution in [3.63, 3.8) is 0 Å². The molecule has 0 N–H and O–H groups in total. The van der Waals surface area contributed by atoms with Crippen LogP contribution in [-0.2, 0) is 16.0 Å². The van der Waals surface area contributed by atoms with Crippen molar-refractivity contribution in [3.05, 3.63) is 64.9 Å². The third-order valence-electron chi connectivity index (χ3n) is 3.47. The van der Waals surface area contributed by atoms with Gasteiger partial charge in [-0.1, -0.05) is 24.3 Å². The molecule has 5 heteroatoms. The minimum atomic E-state index is -0.382. The van der Waals surface area contributed by atoms with E-state index in [1.807, 2.05) is 31.2 Å². The molecule has 1 atom stereocenters. The number of hydrogen-bond acceptors (Lipinski definition) is 4. The van der Waals surface area contributed by atoms with Crippen molar-refractivity contribution in [2.24, 2.45) is 0 Å². The van der Waals surface area contributed by atoms with Gasteiger partial charge in [0.05, 0.1) is 10.2 Å². The molecule has 0 amide bonds. The van der Waals surface area contributed by atoms with E-state index in [4.69, 9.17) is 4.74 Å². The van der Waals surface area contributed by atoms with Gasteiger partial charge in [-0.05, 0) is 43.2 Å². The number of rotatable bonds is 5. The van der Waals surface area contributed by atoms with Gasteiger partial charge in [0, 0.05) is 6.42 Å². The maximum absolute atomic E-state index is 13.1. The molecule has 0 saturated heterocycles. The zero-order valence-corrected chi connectivity index (χ0v) is 13.5. The maximum Gasteiger partial charge on any atom is 0.306 e. The third kappa shape index (κ3) is 3.93. The molecule has 1 unspecified atom stereocenters. The van der Waals surface area contributed by atoms with Crippen molar-refractivity contribution < 1.29 is 13.9 Å². The molecule has 0 spiro atoms. The molecule has 0 fully saturated rings. The van der Waals surface area contributed by atoms with E-state index in [1.165, 1.54) is 23.5 Å². The Hall–Kier alpha value is -2.27. The van der Waals surface area contributed by atoms with Crippen molar-refractivity contribution in [2.75, 3.05) is 0 Å². The molecule has 118 valence electrons. The van der Waals surface area contributed by atoms with Crippen LogP contribution in [0.25, 0.3) is 10.2 Å². The molecule has 3 rings (SSSR count). The summed E-state index contributed by atoms with van der Waals surface area (Å²) >= 11 is 1.53. The van der Waals surface area contributed by atoms with E-state index in [2.05, 4.69) is 4.98 Å². The molecule has 23 heavy (non-hydrogen) atoms. The summed E-state index contributed by atoms with van der Waals surface area (Å²) in [6, 6.07) is 14.1. The van der Waals surface area contributed by atoms with Crippen LogP contribution in [0.1, 0.15) is 30.0 Å². The largest absolute Gasteiger partial charge is 0.455 e. The maximum atomic E-state index is 13.1. The van der Waals surface area contributed by atoms with Crippen LogP contribution in [0, 0.1) is 5.82 Å². The fourth-order valence-electron chi connectivity index (χ4n) is 2.31. The number of aromatic nitrogens is 1. The van der Waals surface area contributed by atoms with Crippen LogP contribution >= 0.6 is 11.3 Å². The van der Waals surface area contributed by atoms with Crippen molar-refractivity contribution in [3.8, 4) is 0 Å². The number of halogens is 1. The lowest BCUT2D eigenvalue weighted by molar-refractivity contribution is -0.148. The van der Waals surface area contributed by atoms with Crippen LogP contribution in [0.2, 0.25) is 0 Å². The van der Waals surface area contributed by atoms with Gasteiger partial charge in [-0.15, -0.1) is 11.3 Å². The van der Waals surface area contributed by atoms with Gasteiger partial charge >= 0.3 is 5.97 Å². The SMILES string of the molecule is CC(OC(=O)CCc1cccc(F)c1)c1nc2ccccc2s1. The summed E-state index contributed by atoms with van der Waals surface area (Å²) < 4.78 is 19.6. The summed E-state index contributed by atoms with van der Waals surface area (Å²) in [5.41, 5.74) is 1.70. The number of hydrogen-bond donors (Lipinski definition) is 0. The van der Waals surface area contributed by atoms with Gasteiger partial charge < -0.3 is 4.74 Å². The Kier molecular flexibility index (Phi) is 4.67. The highest BCUT2D eigenvalue weighted by atomic mass is 32.1. The Balaban J connectivity index is 1.58. The molecule has 3 nitrogen and oxygen atoms in total. The number of thiazole rings is 1. The molecule has 1 aromatic heterocycles. The quantitative estimate of drug-likeness (QED) is 0.638. The van der Waals surface area contributed by atoms with Gasteiger partial charge in [0.25, 0.3) is 0 Å². The molecular formula is C18H16FNO2S. The average molecular weight is 329 g/mol. The Morgan fingerprint density at radius 1 is 1.26 bits per heavy atom. The lowest BCUT2D eigenvalue weighted by Crippen LogP contribution is -2.09. The molecule has 0 aliphatic carbocycles. The van der Waals surface area contributed by atoms with Gasteiger partial charge in [0.2, 0.25) is 0 Å². The molecule has 1 heterocycles. The van der Waals surface area contributed by atoms with Crippen LogP contribution in [0.3, 0.4) is 0 Å². The third-order valence-corrected chi connectivity index (χ3v) is 4.67. The van der Waals surface area contributed by atoms with Gasteiger partial charge in [-0.3, -0.25) is 4.79 Å². The first-order valence-electron chi connectivity index (χ1n) is 7.41. The second-order valence-corrected chi connectivity index (χ2v) is 6.34. The highest BCUT2D eigenvalue weighted by molar-refractivity contribution is 7.18. The number of ether oxygens (including phenoxy) is 1. The Morgan fingerprint density at radius 2 is 2.09 bits per heavy atom. The van der Waals surface area contributed by atoms with E-state index in [9.17, 15) is 9.18 Å². The number of carbonyl (C=O) groups excluding carboxylic acids is 1. The first-order valence-corrected chi connectivity index (χ1v) is 8.23. The molecule has 3 aromatic rings. The van der Waals surface area contributed by atoms with E-state index in [-0.39, 0.29) is 24.3 Å². The first-order chi connectivity index (χ1) is 11.1. The fourth-order valence-corrected chi connectivity index (χ4v) is 3.26. The van der Waals surface area contributed by atoms with Crippen molar-refractivity contribution in [2.45, 2.75) is 25.9 Å². The minimum Gasteiger partial charge on any atom is -0.455 e. The van der Waals surface area contributed by atoms with E-state index in [0.29, 0.717) is 6.42 Å². The highest BCUT2D eigenvalue weighted by Gasteiger charge is 2.16. The van der Waals surface area contributed by atoms with Crippen LogP contribution in [0.4, 0.5) is 4.39 Å². The standard InChI is InChI=1S/C18H16FNO2S/c1-12(18-20-15-7-2-3-8-16(15)23-18)22-17(21)10-9-13-5-4-6-14(19)11-13/h2-8,11-12H,9-10H2,1H3. The van der Waals surface area contributed by atoms with Gasteiger partial charge in [-0.2, -0.15) is 0 Å². The average Bonchev–Trinajstić information content (AvgIpc) is 2.97. The van der Waals surface area contributed by atoms with E-state index in [1.54, 1.807) is 12.1 Å². The second kappa shape index (κ2) is 6.87. The predicted octanol–water partition coefficient (Wildman–Crippen LogP) is 4.67. The van der Waals surface area contributed by atoms with Crippen molar-refractivity contribution >= 4 is 27.5 Å². The number of nitrogens with zero attached hydrogens (tertiary/aromatic N) is 1. The summed E-state index contributed by atoms with van der Waals surface area (Å²) in [7, 11) is 0. The Bertz CT molecular complexity index is 798. The van der Waals surface area contributed by atoms with Gasteiger partial charge in [-0.25, -0.2) is 9.37 Å². The summed E-state index contributed by atoms with van der Waals surface area (Å²) in [5, 5.41) is 0.783. The molecule has 0 aliphatic heterocycles. The number of carbonyl (C=O) groups is 1. The van der Waals surface area contributed by atoms with Crippen molar-refractivity contribution in [1.82, 2.24) is 4.98 Å². The molecule has 0 saturated carbocycles. The summed E-state index contributed by atoms with van der Waals surface area (Å²) in [4.78, 5) is 16.4. The topological polar surface area (TPSA) is 39.2 Å². The molecular weight excluding hydrogens is 313 g/mol. The zero-order valence-electron chi connectivity index (χ0n) is 12.7. The van der Waals surface area contributed by atoms with Crippen LogP contribution < -0.4 is 0 Å². The fraction of sp³-hybridized carbons (Fsp3) is 0.222. The minimum absolute atomic E-state index is 0.221. The molecule has 0 bridgehead atoms. The van der Waals surface area contributed by atoms with E-state index < -0.39 is 0 Å². The highest BCUT2D eigenvalue weighted by Crippen LogP contribution is 2.28. The second-order valence-electron chi connectivity index (χ2n) is 5.28. The monoisotopic (exact) mass is 329 g/mol. The summed E-state index contributed by atoms with van der Waals surface area (Å²) in [6.07, 6.45) is 0.300. The number of benzene rings is 2. The predicted molar refractivity (Wildman–Crippen MR) is 88.8 cm³/mol. The smallest absolute Gasteiger partial charge is 0.306 e. The van der Waals surface area contributed by atoms with Crippen LogP contribution in [-0.4, -0.2) is 11.0 Å². The Morgan fingerprint density at radius 3 is 2.87 bits per heavy atom. The first kappa shape index (κ1) is 15.6. The number of esters is 1. The van der Waals surface area contributed by atoms with Gasteiger partial charge in [0.15, 0.2) is 6.10 Å². The van der Waals surface area contributed by atoms with Crippen molar-refractivity contribution in [1.29, 1.82) is 0 Å². The number of fused-ring (bicyclic) bond motifs is 1. The molecule has 0 aliphatic rings. The molecule has 2 aromatic carbocycles. The zero-order chi connectivity index (χ0) is 16.2. The van der Waals surface area contributed by atoms with Crippen LogP contribution in [0.15, 0.2) is 48.5 Å². The van der Waals surface area contributed by atoms with E-state index >= 15 is 0 Å². The summed E-state index contributed by atoms with van der Waals surface area (Å²) in [5.74, 6) is -0.597. The number of aryl methyl sites for hydroxylation is 1. The van der Waals surface area contributed by atoms with E-state index in [0.717, 1.165) is 20.8 Å². The van der Waals surface area contributed by atoms with Crippen LogP contribution in [0.5, 0.6) is 0 Å². The molecule has 0 radical (unpaired) electrons. The lowest BCUT2D eigenvalue weighted by Gasteiger charge is -2.10. The lowest BCUT2D eigenvalue weighted by atomic mass is 10.1. The van der Waals surface area contributed by atoms with Gasteiger partial charge in [0.1, 0.15) is 10.8 Å². The number of para-hydroxylation sites is 1.